The molecule has 0 aliphatic rings. The Balaban J connectivity index is 1.55. The lowest BCUT2D eigenvalue weighted by molar-refractivity contribution is -0.115. The summed E-state index contributed by atoms with van der Waals surface area (Å²) in [5.74, 6) is -0.0757. The van der Waals surface area contributed by atoms with Crippen molar-refractivity contribution in [1.82, 2.24) is 20.0 Å². The second-order valence-electron chi connectivity index (χ2n) is 6.13. The average Bonchev–Trinajstić information content (AvgIpc) is 3.20. The second-order valence-corrected chi connectivity index (χ2v) is 8.70. The Morgan fingerprint density at radius 2 is 2.00 bits per heavy atom. The first-order valence-corrected chi connectivity index (χ1v) is 10.2. The third-order valence-electron chi connectivity index (χ3n) is 4.10. The fraction of sp³-hybridized carbons (Fsp3) is 0.333. The minimum atomic E-state index is -0.293. The van der Waals surface area contributed by atoms with Crippen molar-refractivity contribution in [2.75, 3.05) is 10.6 Å². The Morgan fingerprint density at radius 1 is 1.26 bits per heavy atom. The van der Waals surface area contributed by atoms with Crippen molar-refractivity contribution >= 4 is 39.8 Å². The second kappa shape index (κ2) is 8.53. The molecule has 1 amide bonds. The molecule has 0 saturated heterocycles. The van der Waals surface area contributed by atoms with E-state index in [2.05, 4.69) is 38.1 Å². The van der Waals surface area contributed by atoms with Crippen molar-refractivity contribution in [3.63, 3.8) is 0 Å². The minimum Gasteiger partial charge on any atom is -0.356 e. The number of rotatable bonds is 7. The number of carbonyl (C=O) groups is 1. The molecule has 0 radical (unpaired) electrons. The van der Waals surface area contributed by atoms with Crippen molar-refractivity contribution in [3.05, 3.63) is 47.3 Å². The van der Waals surface area contributed by atoms with Crippen LogP contribution in [0.4, 0.5) is 10.8 Å². The zero-order chi connectivity index (χ0) is 19.4. The summed E-state index contributed by atoms with van der Waals surface area (Å²) in [6.07, 6.45) is 0. The highest BCUT2D eigenvalue weighted by atomic mass is 32.2. The van der Waals surface area contributed by atoms with E-state index < -0.39 is 0 Å². The molecule has 2 N–H and O–H groups in total. The third-order valence-corrected chi connectivity index (χ3v) is 6.16. The Morgan fingerprint density at radius 3 is 2.67 bits per heavy atom. The average molecular weight is 403 g/mol. The fourth-order valence-corrected chi connectivity index (χ4v) is 4.38. The summed E-state index contributed by atoms with van der Waals surface area (Å²) in [5.41, 5.74) is 3.69. The molecule has 3 aromatic rings. The summed E-state index contributed by atoms with van der Waals surface area (Å²) in [6, 6.07) is 10.1. The fourth-order valence-electron chi connectivity index (χ4n) is 2.49. The molecule has 0 unspecified atom stereocenters. The lowest BCUT2D eigenvalue weighted by atomic mass is 10.2. The van der Waals surface area contributed by atoms with Gasteiger partial charge in [0.1, 0.15) is 0 Å². The summed E-state index contributed by atoms with van der Waals surface area (Å²) < 4.78 is 2.52. The number of benzene rings is 1. The minimum absolute atomic E-state index is 0.0757. The van der Waals surface area contributed by atoms with Crippen LogP contribution in [0, 0.1) is 13.8 Å². The first-order valence-electron chi connectivity index (χ1n) is 8.53. The van der Waals surface area contributed by atoms with E-state index in [-0.39, 0.29) is 11.2 Å². The van der Waals surface area contributed by atoms with Gasteiger partial charge >= 0.3 is 0 Å². The van der Waals surface area contributed by atoms with Crippen LogP contribution in [0.25, 0.3) is 0 Å². The quantitative estimate of drug-likeness (QED) is 0.587. The van der Waals surface area contributed by atoms with Gasteiger partial charge in [0.15, 0.2) is 4.34 Å². The topological polar surface area (TPSA) is 84.7 Å². The number of aromatic nitrogens is 4. The van der Waals surface area contributed by atoms with Gasteiger partial charge in [-0.05, 0) is 26.3 Å². The molecule has 2 aromatic heterocycles. The van der Waals surface area contributed by atoms with Crippen LogP contribution in [0.15, 0.2) is 34.7 Å². The summed E-state index contributed by atoms with van der Waals surface area (Å²) in [5, 5.41) is 19.3. The smallest absolute Gasteiger partial charge is 0.237 e. The van der Waals surface area contributed by atoms with Gasteiger partial charge in [0, 0.05) is 13.6 Å². The van der Waals surface area contributed by atoms with Crippen LogP contribution in [0.5, 0.6) is 0 Å². The van der Waals surface area contributed by atoms with Gasteiger partial charge in [0.25, 0.3) is 0 Å². The van der Waals surface area contributed by atoms with Crippen molar-refractivity contribution in [3.8, 4) is 0 Å². The normalized spacial score (nSPS) is 12.0. The molecule has 9 heteroatoms. The van der Waals surface area contributed by atoms with E-state index in [1.807, 2.05) is 46.0 Å². The first-order chi connectivity index (χ1) is 12.9. The summed E-state index contributed by atoms with van der Waals surface area (Å²) >= 11 is 2.85. The number of hydrogen-bond donors (Lipinski definition) is 2. The third kappa shape index (κ3) is 4.86. The van der Waals surface area contributed by atoms with Crippen LogP contribution in [0.1, 0.15) is 23.9 Å². The zero-order valence-electron chi connectivity index (χ0n) is 15.7. The monoisotopic (exact) mass is 402 g/mol. The van der Waals surface area contributed by atoms with Gasteiger partial charge in [-0.15, -0.1) is 10.2 Å². The van der Waals surface area contributed by atoms with Crippen molar-refractivity contribution in [2.45, 2.75) is 36.9 Å². The SMILES string of the molecule is Cc1nn(C)c(C)c1NC(=O)[C@H](C)Sc1nnc(NCc2ccccc2)s1. The molecule has 0 fully saturated rings. The molecule has 0 spiro atoms. The van der Waals surface area contributed by atoms with Gasteiger partial charge < -0.3 is 10.6 Å². The van der Waals surface area contributed by atoms with E-state index in [4.69, 9.17) is 0 Å². The number of nitrogens with zero attached hydrogens (tertiary/aromatic N) is 4. The highest BCUT2D eigenvalue weighted by Gasteiger charge is 2.20. The Hall–Kier alpha value is -2.39. The molecular weight excluding hydrogens is 380 g/mol. The molecule has 3 rings (SSSR count). The zero-order valence-corrected chi connectivity index (χ0v) is 17.3. The standard InChI is InChI=1S/C18H22N6OS2/c1-11-15(12(2)24(4)23-11)20-16(25)13(3)26-18-22-21-17(27-18)19-10-14-8-6-5-7-9-14/h5-9,13H,10H2,1-4H3,(H,19,21)(H,20,25)/t13-/m0/s1. The maximum absolute atomic E-state index is 12.5. The van der Waals surface area contributed by atoms with Gasteiger partial charge in [-0.25, -0.2) is 0 Å². The molecule has 27 heavy (non-hydrogen) atoms. The predicted molar refractivity (Wildman–Crippen MR) is 110 cm³/mol. The van der Waals surface area contributed by atoms with E-state index in [0.29, 0.717) is 6.54 Å². The predicted octanol–water partition coefficient (Wildman–Crippen LogP) is 3.62. The van der Waals surface area contributed by atoms with Crippen molar-refractivity contribution in [1.29, 1.82) is 0 Å². The van der Waals surface area contributed by atoms with E-state index >= 15 is 0 Å². The highest BCUT2D eigenvalue weighted by Crippen LogP contribution is 2.30. The van der Waals surface area contributed by atoms with E-state index in [1.54, 1.807) is 4.68 Å². The molecule has 7 nitrogen and oxygen atoms in total. The van der Waals surface area contributed by atoms with Crippen molar-refractivity contribution in [2.24, 2.45) is 7.05 Å². The van der Waals surface area contributed by atoms with Crippen LogP contribution in [-0.4, -0.2) is 31.1 Å². The van der Waals surface area contributed by atoms with E-state index in [1.165, 1.54) is 28.7 Å². The van der Waals surface area contributed by atoms with Crippen LogP contribution in [0.3, 0.4) is 0 Å². The Kier molecular flexibility index (Phi) is 6.12. The molecule has 0 aliphatic heterocycles. The Labute approximate surface area is 166 Å². The highest BCUT2D eigenvalue weighted by molar-refractivity contribution is 8.02. The summed E-state index contributed by atoms with van der Waals surface area (Å²) in [7, 11) is 1.86. The van der Waals surface area contributed by atoms with Crippen LogP contribution >= 0.6 is 23.1 Å². The van der Waals surface area contributed by atoms with Gasteiger partial charge in [-0.3, -0.25) is 9.48 Å². The molecule has 1 aromatic carbocycles. The molecule has 1 atom stereocenters. The van der Waals surface area contributed by atoms with Gasteiger partial charge in [0.05, 0.1) is 22.3 Å². The Bertz CT molecular complexity index is 921. The first kappa shape index (κ1) is 19.4. The lowest BCUT2D eigenvalue weighted by Crippen LogP contribution is -2.23. The van der Waals surface area contributed by atoms with Crippen LogP contribution < -0.4 is 10.6 Å². The maximum atomic E-state index is 12.5. The number of anilines is 2. The number of aryl methyl sites for hydroxylation is 2. The van der Waals surface area contributed by atoms with Crippen molar-refractivity contribution < 1.29 is 4.79 Å². The molecule has 2 heterocycles. The molecule has 0 saturated carbocycles. The number of carbonyl (C=O) groups excluding carboxylic acids is 1. The van der Waals surface area contributed by atoms with E-state index in [0.717, 1.165) is 26.5 Å². The van der Waals surface area contributed by atoms with Crippen LogP contribution in [-0.2, 0) is 18.4 Å². The van der Waals surface area contributed by atoms with E-state index in [9.17, 15) is 4.79 Å². The largest absolute Gasteiger partial charge is 0.356 e. The van der Waals surface area contributed by atoms with Gasteiger partial charge in [-0.1, -0.05) is 53.4 Å². The summed E-state index contributed by atoms with van der Waals surface area (Å²) in [6.45, 7) is 6.37. The lowest BCUT2D eigenvalue weighted by Gasteiger charge is -2.10. The number of hydrogen-bond acceptors (Lipinski definition) is 7. The van der Waals surface area contributed by atoms with Gasteiger partial charge in [-0.2, -0.15) is 5.10 Å². The summed E-state index contributed by atoms with van der Waals surface area (Å²) in [4.78, 5) is 12.5. The van der Waals surface area contributed by atoms with Gasteiger partial charge in [0.2, 0.25) is 11.0 Å². The molecular formula is C18H22N6OS2. The number of thioether (sulfide) groups is 1. The number of nitrogens with one attached hydrogen (secondary N) is 2. The number of amides is 1. The molecule has 0 bridgehead atoms. The maximum Gasteiger partial charge on any atom is 0.237 e. The van der Waals surface area contributed by atoms with Crippen LogP contribution in [0.2, 0.25) is 0 Å². The molecule has 142 valence electrons. The molecule has 0 aliphatic carbocycles.